The zero-order chi connectivity index (χ0) is 14.2. The molecule has 0 spiro atoms. The van der Waals surface area contributed by atoms with E-state index in [0.717, 1.165) is 36.8 Å². The van der Waals surface area contributed by atoms with Gasteiger partial charge in [0.2, 0.25) is 0 Å². The number of fused-ring (bicyclic) bond motifs is 1. The summed E-state index contributed by atoms with van der Waals surface area (Å²) in [6, 6.07) is 9.92. The van der Waals surface area contributed by atoms with Gasteiger partial charge in [-0.2, -0.15) is 0 Å². The van der Waals surface area contributed by atoms with Gasteiger partial charge in [0.05, 0.1) is 15.9 Å². The van der Waals surface area contributed by atoms with Crippen molar-refractivity contribution in [3.05, 3.63) is 53.4 Å². The van der Waals surface area contributed by atoms with Crippen LogP contribution in [0, 0.1) is 0 Å². The molecule has 6 heteroatoms. The number of nitrogens with zero attached hydrogens (tertiary/aromatic N) is 3. The highest BCUT2D eigenvalue weighted by Crippen LogP contribution is 2.31. The topological polar surface area (TPSA) is 54.5 Å². The molecule has 0 saturated heterocycles. The average molecular weight is 357 g/mol. The Hall–Kier alpha value is -2.05. The van der Waals surface area contributed by atoms with Crippen molar-refractivity contribution < 1.29 is 0 Å². The second kappa shape index (κ2) is 5.05. The SMILES string of the molecule is Brc1ccc2nc(-c3cnc(-c4ccncc4)s3)[nH]c2c1. The number of imidazole rings is 1. The van der Waals surface area contributed by atoms with Crippen LogP contribution in [0.2, 0.25) is 0 Å². The molecule has 0 bridgehead atoms. The third-order valence-corrected chi connectivity index (χ3v) is 4.66. The Morgan fingerprint density at radius 3 is 2.81 bits per heavy atom. The number of aromatic amines is 1. The number of hydrogen-bond acceptors (Lipinski definition) is 4. The number of benzene rings is 1. The second-order valence-corrected chi connectivity index (χ2v) is 6.46. The van der Waals surface area contributed by atoms with Crippen molar-refractivity contribution in [1.82, 2.24) is 19.9 Å². The Morgan fingerprint density at radius 1 is 1.10 bits per heavy atom. The molecule has 21 heavy (non-hydrogen) atoms. The van der Waals surface area contributed by atoms with E-state index < -0.39 is 0 Å². The predicted octanol–water partition coefficient (Wildman–Crippen LogP) is 4.51. The normalized spacial score (nSPS) is 11.1. The van der Waals surface area contributed by atoms with Crippen LogP contribution in [0.5, 0.6) is 0 Å². The molecule has 4 aromatic rings. The molecule has 0 saturated carbocycles. The zero-order valence-corrected chi connectivity index (χ0v) is 13.1. The van der Waals surface area contributed by atoms with Gasteiger partial charge >= 0.3 is 0 Å². The van der Waals surface area contributed by atoms with Crippen LogP contribution in [0.1, 0.15) is 0 Å². The summed E-state index contributed by atoms with van der Waals surface area (Å²) in [5, 5.41) is 0.967. The largest absolute Gasteiger partial charge is 0.337 e. The third kappa shape index (κ3) is 2.36. The van der Waals surface area contributed by atoms with E-state index in [0.29, 0.717) is 0 Å². The molecule has 1 N–H and O–H groups in total. The van der Waals surface area contributed by atoms with Crippen molar-refractivity contribution >= 4 is 38.3 Å². The summed E-state index contributed by atoms with van der Waals surface area (Å²) in [5.74, 6) is 0.848. The fraction of sp³-hybridized carbons (Fsp3) is 0. The number of hydrogen-bond donors (Lipinski definition) is 1. The van der Waals surface area contributed by atoms with Crippen LogP contribution in [0.25, 0.3) is 32.3 Å². The first kappa shape index (κ1) is 12.7. The van der Waals surface area contributed by atoms with Crippen LogP contribution in [0.3, 0.4) is 0 Å². The van der Waals surface area contributed by atoms with E-state index in [4.69, 9.17) is 0 Å². The van der Waals surface area contributed by atoms with Gasteiger partial charge < -0.3 is 4.98 Å². The van der Waals surface area contributed by atoms with E-state index in [9.17, 15) is 0 Å². The van der Waals surface area contributed by atoms with Gasteiger partial charge in [-0.3, -0.25) is 4.98 Å². The number of rotatable bonds is 2. The van der Waals surface area contributed by atoms with Gasteiger partial charge in [-0.25, -0.2) is 9.97 Å². The number of nitrogens with one attached hydrogen (secondary N) is 1. The lowest BCUT2D eigenvalue weighted by Crippen LogP contribution is -1.74. The molecule has 102 valence electrons. The van der Waals surface area contributed by atoms with Gasteiger partial charge in [-0.15, -0.1) is 11.3 Å². The summed E-state index contributed by atoms with van der Waals surface area (Å²) in [6.45, 7) is 0. The van der Waals surface area contributed by atoms with Crippen molar-refractivity contribution in [1.29, 1.82) is 0 Å². The first-order chi connectivity index (χ1) is 10.3. The minimum Gasteiger partial charge on any atom is -0.337 e. The minimum absolute atomic E-state index is 0.848. The predicted molar refractivity (Wildman–Crippen MR) is 88.1 cm³/mol. The van der Waals surface area contributed by atoms with Crippen LogP contribution in [-0.4, -0.2) is 19.9 Å². The summed E-state index contributed by atoms with van der Waals surface area (Å²) in [4.78, 5) is 17.5. The Morgan fingerprint density at radius 2 is 1.95 bits per heavy atom. The van der Waals surface area contributed by atoms with Gasteiger partial charge in [0.1, 0.15) is 10.8 Å². The van der Waals surface area contributed by atoms with Crippen LogP contribution < -0.4 is 0 Å². The van der Waals surface area contributed by atoms with E-state index >= 15 is 0 Å². The molecule has 0 amide bonds. The van der Waals surface area contributed by atoms with Gasteiger partial charge in [0.25, 0.3) is 0 Å². The highest BCUT2D eigenvalue weighted by molar-refractivity contribution is 9.10. The standard InChI is InChI=1S/C15H9BrN4S/c16-10-1-2-11-12(7-10)20-14(19-11)13-8-18-15(21-13)9-3-5-17-6-4-9/h1-8H,(H,19,20). The average Bonchev–Trinajstić information content (AvgIpc) is 3.14. The van der Waals surface area contributed by atoms with Crippen LogP contribution >= 0.6 is 27.3 Å². The molecular formula is C15H9BrN4S. The molecule has 3 heterocycles. The van der Waals surface area contributed by atoms with E-state index in [2.05, 4.69) is 35.9 Å². The number of thiazole rings is 1. The van der Waals surface area contributed by atoms with Crippen LogP contribution in [0.15, 0.2) is 53.4 Å². The van der Waals surface area contributed by atoms with Crippen molar-refractivity contribution in [3.8, 4) is 21.3 Å². The maximum absolute atomic E-state index is 4.61. The third-order valence-electron chi connectivity index (χ3n) is 3.11. The molecule has 0 aliphatic heterocycles. The van der Waals surface area contributed by atoms with Gasteiger partial charge in [0.15, 0.2) is 0 Å². The van der Waals surface area contributed by atoms with Gasteiger partial charge in [0, 0.05) is 28.6 Å². The van der Waals surface area contributed by atoms with Crippen molar-refractivity contribution in [2.75, 3.05) is 0 Å². The van der Waals surface area contributed by atoms with Crippen molar-refractivity contribution in [2.24, 2.45) is 0 Å². The highest BCUT2D eigenvalue weighted by atomic mass is 79.9. The molecule has 0 aliphatic carbocycles. The van der Waals surface area contributed by atoms with E-state index in [1.165, 1.54) is 0 Å². The summed E-state index contributed by atoms with van der Waals surface area (Å²) in [7, 11) is 0. The molecule has 0 aliphatic rings. The van der Waals surface area contributed by atoms with Gasteiger partial charge in [-0.05, 0) is 30.3 Å². The molecule has 0 radical (unpaired) electrons. The first-order valence-corrected chi connectivity index (χ1v) is 7.92. The van der Waals surface area contributed by atoms with E-state index in [-0.39, 0.29) is 0 Å². The summed E-state index contributed by atoms with van der Waals surface area (Å²) in [5.41, 5.74) is 3.03. The Balaban J connectivity index is 1.77. The molecule has 3 aromatic heterocycles. The molecule has 0 unspecified atom stereocenters. The molecule has 4 nitrogen and oxygen atoms in total. The zero-order valence-electron chi connectivity index (χ0n) is 10.7. The molecule has 1 aromatic carbocycles. The first-order valence-electron chi connectivity index (χ1n) is 6.31. The van der Waals surface area contributed by atoms with Crippen LogP contribution in [0.4, 0.5) is 0 Å². The number of aromatic nitrogens is 4. The number of halogens is 1. The second-order valence-electron chi connectivity index (χ2n) is 4.51. The Bertz CT molecular complexity index is 914. The molecule has 0 atom stereocenters. The highest BCUT2D eigenvalue weighted by Gasteiger charge is 2.10. The number of pyridine rings is 1. The summed E-state index contributed by atoms with van der Waals surface area (Å²) >= 11 is 5.08. The number of H-pyrrole nitrogens is 1. The lowest BCUT2D eigenvalue weighted by atomic mass is 10.3. The summed E-state index contributed by atoms with van der Waals surface area (Å²) in [6.07, 6.45) is 5.40. The Kier molecular flexibility index (Phi) is 3.05. The molecular weight excluding hydrogens is 348 g/mol. The van der Waals surface area contributed by atoms with Crippen LogP contribution in [-0.2, 0) is 0 Å². The maximum Gasteiger partial charge on any atom is 0.150 e. The van der Waals surface area contributed by atoms with E-state index in [1.54, 1.807) is 23.7 Å². The summed E-state index contributed by atoms with van der Waals surface area (Å²) < 4.78 is 1.03. The smallest absolute Gasteiger partial charge is 0.150 e. The van der Waals surface area contributed by atoms with Crippen molar-refractivity contribution in [3.63, 3.8) is 0 Å². The lowest BCUT2D eigenvalue weighted by Gasteiger charge is -1.92. The Labute approximate surface area is 133 Å². The quantitative estimate of drug-likeness (QED) is 0.574. The minimum atomic E-state index is 0.848. The molecule has 4 rings (SSSR count). The monoisotopic (exact) mass is 356 g/mol. The van der Waals surface area contributed by atoms with E-state index in [1.807, 2.05) is 36.5 Å². The molecule has 0 fully saturated rings. The van der Waals surface area contributed by atoms with Gasteiger partial charge in [-0.1, -0.05) is 15.9 Å². The fourth-order valence-corrected chi connectivity index (χ4v) is 3.34. The fourth-order valence-electron chi connectivity index (χ4n) is 2.11. The lowest BCUT2D eigenvalue weighted by molar-refractivity contribution is 1.31. The van der Waals surface area contributed by atoms with Crippen molar-refractivity contribution in [2.45, 2.75) is 0 Å². The maximum atomic E-state index is 4.61.